The van der Waals surface area contributed by atoms with Gasteiger partial charge in [0.2, 0.25) is 15.9 Å². The van der Waals surface area contributed by atoms with Crippen molar-refractivity contribution in [1.29, 1.82) is 0 Å². The van der Waals surface area contributed by atoms with E-state index in [1.165, 1.54) is 0 Å². The second kappa shape index (κ2) is 7.76. The van der Waals surface area contributed by atoms with Gasteiger partial charge in [-0.1, -0.05) is 0 Å². The molecule has 144 valence electrons. The monoisotopic (exact) mass is 393 g/mol. The van der Waals surface area contributed by atoms with Crippen molar-refractivity contribution in [2.24, 2.45) is 0 Å². The van der Waals surface area contributed by atoms with Gasteiger partial charge in [-0.15, -0.1) is 15.3 Å². The zero-order chi connectivity index (χ0) is 19.4. The first-order valence-corrected chi connectivity index (χ1v) is 9.82. The van der Waals surface area contributed by atoms with E-state index >= 15 is 0 Å². The van der Waals surface area contributed by atoms with Crippen LogP contribution in [-0.2, 0) is 10.0 Å². The third-order valence-corrected chi connectivity index (χ3v) is 4.32. The third kappa shape index (κ3) is 4.44. The predicted molar refractivity (Wildman–Crippen MR) is 97.7 cm³/mol. The van der Waals surface area contributed by atoms with Crippen molar-refractivity contribution >= 4 is 15.7 Å². The third-order valence-electron chi connectivity index (χ3n) is 3.60. The lowest BCUT2D eigenvalue weighted by Crippen LogP contribution is -2.27. The van der Waals surface area contributed by atoms with Gasteiger partial charge in [0.25, 0.3) is 0 Å². The molecular formula is C16H19N5O5S. The zero-order valence-corrected chi connectivity index (χ0v) is 15.9. The Bertz CT molecular complexity index is 1050. The maximum Gasteiger partial charge on any atom is 0.231 e. The number of ether oxygens (including phenoxy) is 3. The van der Waals surface area contributed by atoms with E-state index in [2.05, 4.69) is 20.0 Å². The highest BCUT2D eigenvalue weighted by molar-refractivity contribution is 7.88. The molecule has 0 bridgehead atoms. The molecule has 0 radical (unpaired) electrons. The lowest BCUT2D eigenvalue weighted by Gasteiger charge is -2.09. The minimum absolute atomic E-state index is 0.138. The van der Waals surface area contributed by atoms with Gasteiger partial charge in [0.15, 0.2) is 23.0 Å². The number of rotatable bonds is 8. The zero-order valence-electron chi connectivity index (χ0n) is 15.0. The topological polar surface area (TPSA) is 117 Å². The average Bonchev–Trinajstić information content (AvgIpc) is 3.07. The van der Waals surface area contributed by atoms with Crippen LogP contribution in [0, 0.1) is 0 Å². The maximum absolute atomic E-state index is 11.1. The summed E-state index contributed by atoms with van der Waals surface area (Å²) < 4.78 is 42.1. The lowest BCUT2D eigenvalue weighted by atomic mass is 10.2. The van der Waals surface area contributed by atoms with Crippen LogP contribution in [0.2, 0.25) is 0 Å². The summed E-state index contributed by atoms with van der Waals surface area (Å²) in [5.41, 5.74) is 1.28. The van der Waals surface area contributed by atoms with Crippen molar-refractivity contribution in [3.63, 3.8) is 0 Å². The van der Waals surface area contributed by atoms with E-state index in [1.54, 1.807) is 43.0 Å². The van der Waals surface area contributed by atoms with E-state index in [-0.39, 0.29) is 13.2 Å². The predicted octanol–water partition coefficient (Wildman–Crippen LogP) is 0.736. The molecule has 0 aliphatic carbocycles. The smallest absolute Gasteiger partial charge is 0.231 e. The fourth-order valence-corrected chi connectivity index (χ4v) is 2.84. The van der Waals surface area contributed by atoms with E-state index in [4.69, 9.17) is 14.2 Å². The number of methoxy groups -OCH3 is 2. The summed E-state index contributed by atoms with van der Waals surface area (Å²) >= 11 is 0. The van der Waals surface area contributed by atoms with Gasteiger partial charge < -0.3 is 14.2 Å². The molecule has 3 rings (SSSR count). The van der Waals surface area contributed by atoms with Gasteiger partial charge in [-0.05, 0) is 24.3 Å². The molecular weight excluding hydrogens is 374 g/mol. The van der Waals surface area contributed by atoms with Gasteiger partial charge in [-0.3, -0.25) is 0 Å². The van der Waals surface area contributed by atoms with E-state index in [1.807, 2.05) is 6.07 Å². The molecule has 1 N–H and O–H groups in total. The lowest BCUT2D eigenvalue weighted by molar-refractivity contribution is 0.306. The number of benzene rings is 1. The Morgan fingerprint density at radius 3 is 2.56 bits per heavy atom. The first-order chi connectivity index (χ1) is 12.9. The highest BCUT2D eigenvalue weighted by atomic mass is 32.2. The van der Waals surface area contributed by atoms with Crippen LogP contribution in [0.1, 0.15) is 0 Å². The van der Waals surface area contributed by atoms with Gasteiger partial charge in [0.05, 0.1) is 20.5 Å². The van der Waals surface area contributed by atoms with Gasteiger partial charge in [-0.2, -0.15) is 4.52 Å². The summed E-state index contributed by atoms with van der Waals surface area (Å²) in [7, 11) is -0.140. The molecule has 0 amide bonds. The number of hydrogen-bond acceptors (Lipinski definition) is 8. The first-order valence-electron chi connectivity index (χ1n) is 7.93. The number of aromatic nitrogens is 4. The van der Waals surface area contributed by atoms with Gasteiger partial charge in [0.1, 0.15) is 6.61 Å². The van der Waals surface area contributed by atoms with Gasteiger partial charge in [0, 0.05) is 18.2 Å². The second-order valence-corrected chi connectivity index (χ2v) is 7.38. The Morgan fingerprint density at radius 2 is 1.85 bits per heavy atom. The Hall–Kier alpha value is -2.92. The van der Waals surface area contributed by atoms with Crippen LogP contribution in [0.15, 0.2) is 30.3 Å². The highest BCUT2D eigenvalue weighted by Crippen LogP contribution is 2.31. The van der Waals surface area contributed by atoms with Gasteiger partial charge >= 0.3 is 0 Å². The summed E-state index contributed by atoms with van der Waals surface area (Å²) in [5, 5.41) is 12.6. The molecule has 1 aromatic carbocycles. The van der Waals surface area contributed by atoms with Crippen molar-refractivity contribution < 1.29 is 22.6 Å². The van der Waals surface area contributed by atoms with E-state index < -0.39 is 10.0 Å². The van der Waals surface area contributed by atoms with E-state index in [0.29, 0.717) is 28.9 Å². The van der Waals surface area contributed by atoms with Crippen LogP contribution in [0.3, 0.4) is 0 Å². The summed E-state index contributed by atoms with van der Waals surface area (Å²) in [6, 6.07) is 8.72. The Kier molecular flexibility index (Phi) is 5.42. The number of nitrogens with zero attached hydrogens (tertiary/aromatic N) is 4. The Labute approximate surface area is 156 Å². The fourth-order valence-electron chi connectivity index (χ4n) is 2.39. The van der Waals surface area contributed by atoms with Crippen molar-refractivity contribution in [2.45, 2.75) is 0 Å². The summed E-state index contributed by atoms with van der Waals surface area (Å²) in [6.07, 6.45) is 1.09. The Morgan fingerprint density at radius 1 is 1.07 bits per heavy atom. The van der Waals surface area contributed by atoms with Crippen LogP contribution in [0.25, 0.3) is 17.0 Å². The Balaban J connectivity index is 1.85. The maximum atomic E-state index is 11.1. The van der Waals surface area contributed by atoms with E-state index in [0.717, 1.165) is 11.8 Å². The molecule has 0 saturated carbocycles. The minimum atomic E-state index is -3.26. The molecule has 0 fully saturated rings. The molecule has 11 heteroatoms. The number of fused-ring (bicyclic) bond motifs is 1. The molecule has 3 aromatic rings. The summed E-state index contributed by atoms with van der Waals surface area (Å²) in [5.74, 6) is 1.99. The molecule has 0 spiro atoms. The number of sulfonamides is 1. The van der Waals surface area contributed by atoms with Crippen LogP contribution in [0.5, 0.6) is 17.4 Å². The van der Waals surface area contributed by atoms with E-state index in [9.17, 15) is 8.42 Å². The molecule has 2 heterocycles. The molecule has 0 saturated heterocycles. The molecule has 27 heavy (non-hydrogen) atoms. The van der Waals surface area contributed by atoms with Crippen molar-refractivity contribution in [1.82, 2.24) is 24.5 Å². The fraction of sp³-hybridized carbons (Fsp3) is 0.312. The van der Waals surface area contributed by atoms with Crippen LogP contribution >= 0.6 is 0 Å². The molecule has 0 aliphatic rings. The number of hydrogen-bond donors (Lipinski definition) is 1. The first kappa shape index (κ1) is 18.9. The van der Waals surface area contributed by atoms with Crippen molar-refractivity contribution in [2.75, 3.05) is 33.6 Å². The molecule has 2 aromatic heterocycles. The number of nitrogens with one attached hydrogen (secondary N) is 1. The quantitative estimate of drug-likeness (QED) is 0.557. The molecule has 10 nitrogen and oxygen atoms in total. The standard InChI is InChI=1S/C16H19N5O5S/c1-24-12-5-4-11(10-13(12)25-2)16-19-18-14-6-7-15(20-21(14)16)26-9-8-17-27(3,22)23/h4-7,10,17H,8-9H2,1-3H3. The average molecular weight is 393 g/mol. The molecule has 0 unspecified atom stereocenters. The summed E-state index contributed by atoms with van der Waals surface area (Å²) in [4.78, 5) is 0. The summed E-state index contributed by atoms with van der Waals surface area (Å²) in [6.45, 7) is 0.280. The SMILES string of the molecule is COc1ccc(-c2nnc3ccc(OCCNS(C)(=O)=O)nn23)cc1OC. The normalized spacial score (nSPS) is 11.5. The van der Waals surface area contributed by atoms with Crippen molar-refractivity contribution in [3.8, 4) is 28.8 Å². The van der Waals surface area contributed by atoms with Crippen molar-refractivity contribution in [3.05, 3.63) is 30.3 Å². The minimum Gasteiger partial charge on any atom is -0.493 e. The van der Waals surface area contributed by atoms with Crippen LogP contribution in [0.4, 0.5) is 0 Å². The van der Waals surface area contributed by atoms with Crippen LogP contribution < -0.4 is 18.9 Å². The van der Waals surface area contributed by atoms with Gasteiger partial charge in [-0.25, -0.2) is 13.1 Å². The highest BCUT2D eigenvalue weighted by Gasteiger charge is 2.13. The second-order valence-electron chi connectivity index (χ2n) is 5.55. The molecule has 0 aliphatic heterocycles. The largest absolute Gasteiger partial charge is 0.493 e. The molecule has 0 atom stereocenters. The van der Waals surface area contributed by atoms with Crippen LogP contribution in [-0.4, -0.2) is 61.9 Å².